The van der Waals surface area contributed by atoms with Crippen molar-refractivity contribution in [3.8, 4) is 0 Å². The highest BCUT2D eigenvalue weighted by atomic mass is 16.2. The summed E-state index contributed by atoms with van der Waals surface area (Å²) in [6, 6.07) is 0.363. The third kappa shape index (κ3) is 8.08. The average molecular weight is 296 g/mol. The molecule has 0 aromatic rings. The summed E-state index contributed by atoms with van der Waals surface area (Å²) in [5, 5.41) is 6.03. The highest BCUT2D eigenvalue weighted by molar-refractivity contribution is 5.81. The van der Waals surface area contributed by atoms with Crippen LogP contribution in [0.1, 0.15) is 78.6 Å². The highest BCUT2D eigenvalue weighted by Gasteiger charge is 2.20. The maximum Gasteiger partial charge on any atom is 0.225 e. The van der Waals surface area contributed by atoms with Crippen molar-refractivity contribution in [2.75, 3.05) is 6.54 Å². The van der Waals surface area contributed by atoms with Crippen LogP contribution < -0.4 is 10.6 Å². The van der Waals surface area contributed by atoms with Crippen molar-refractivity contribution in [1.82, 2.24) is 10.6 Å². The van der Waals surface area contributed by atoms with Gasteiger partial charge in [-0.3, -0.25) is 9.59 Å². The Morgan fingerprint density at radius 3 is 2.14 bits per heavy atom. The summed E-state index contributed by atoms with van der Waals surface area (Å²) in [7, 11) is 0. The largest absolute Gasteiger partial charge is 0.356 e. The second-order valence-electron chi connectivity index (χ2n) is 7.22. The normalized spacial score (nSPS) is 17.7. The van der Waals surface area contributed by atoms with E-state index in [-0.39, 0.29) is 17.2 Å². The van der Waals surface area contributed by atoms with Gasteiger partial charge in [-0.2, -0.15) is 0 Å². The molecule has 1 saturated carbocycles. The van der Waals surface area contributed by atoms with Gasteiger partial charge in [0.15, 0.2) is 0 Å². The maximum atomic E-state index is 11.9. The molecule has 122 valence electrons. The summed E-state index contributed by atoms with van der Waals surface area (Å²) >= 11 is 0. The minimum absolute atomic E-state index is 0.0444. The van der Waals surface area contributed by atoms with Crippen LogP contribution in [0.4, 0.5) is 0 Å². The highest BCUT2D eigenvalue weighted by Crippen LogP contribution is 2.17. The van der Waals surface area contributed by atoms with Crippen molar-refractivity contribution in [3.05, 3.63) is 0 Å². The van der Waals surface area contributed by atoms with Gasteiger partial charge in [0.1, 0.15) is 0 Å². The third-order valence-electron chi connectivity index (χ3n) is 4.02. The molecule has 0 aromatic heterocycles. The predicted molar refractivity (Wildman–Crippen MR) is 85.9 cm³/mol. The van der Waals surface area contributed by atoms with Gasteiger partial charge in [0.2, 0.25) is 11.8 Å². The third-order valence-corrected chi connectivity index (χ3v) is 4.02. The molecule has 1 rings (SSSR count). The summed E-state index contributed by atoms with van der Waals surface area (Å²) in [6.45, 7) is 6.26. The molecule has 0 saturated heterocycles. The molecule has 0 heterocycles. The number of carbonyl (C=O) groups is 2. The first kappa shape index (κ1) is 18.0. The van der Waals surface area contributed by atoms with Gasteiger partial charge in [-0.25, -0.2) is 0 Å². The lowest BCUT2D eigenvalue weighted by Crippen LogP contribution is -2.37. The van der Waals surface area contributed by atoms with E-state index < -0.39 is 0 Å². The smallest absolute Gasteiger partial charge is 0.225 e. The van der Waals surface area contributed by atoms with E-state index in [1.807, 2.05) is 20.8 Å². The lowest BCUT2D eigenvalue weighted by Gasteiger charge is -2.21. The molecule has 4 nitrogen and oxygen atoms in total. The van der Waals surface area contributed by atoms with Crippen molar-refractivity contribution < 1.29 is 9.59 Å². The molecular formula is C17H32N2O2. The summed E-state index contributed by atoms with van der Waals surface area (Å²) < 4.78 is 0. The fourth-order valence-corrected chi connectivity index (χ4v) is 2.62. The van der Waals surface area contributed by atoms with Crippen LogP contribution in [0.2, 0.25) is 0 Å². The summed E-state index contributed by atoms with van der Waals surface area (Å²) in [4.78, 5) is 23.6. The van der Waals surface area contributed by atoms with Crippen LogP contribution in [-0.2, 0) is 9.59 Å². The topological polar surface area (TPSA) is 58.2 Å². The molecule has 0 radical (unpaired) electrons. The Morgan fingerprint density at radius 2 is 1.57 bits per heavy atom. The Balaban J connectivity index is 2.14. The van der Waals surface area contributed by atoms with E-state index >= 15 is 0 Å². The quantitative estimate of drug-likeness (QED) is 0.766. The molecular weight excluding hydrogens is 264 g/mol. The van der Waals surface area contributed by atoms with Crippen molar-refractivity contribution in [3.63, 3.8) is 0 Å². The van der Waals surface area contributed by atoms with Crippen molar-refractivity contribution in [2.24, 2.45) is 5.41 Å². The van der Waals surface area contributed by atoms with Crippen LogP contribution in [0.3, 0.4) is 0 Å². The van der Waals surface area contributed by atoms with Gasteiger partial charge in [-0.05, 0) is 19.3 Å². The standard InChI is InChI=1S/C17H32N2O2/c1-17(2,3)16(21)18-13-9-12-15(20)19-14-10-7-5-4-6-8-11-14/h14H,4-13H2,1-3H3,(H,18,21)(H,19,20). The van der Waals surface area contributed by atoms with Gasteiger partial charge in [-0.15, -0.1) is 0 Å². The van der Waals surface area contributed by atoms with Crippen LogP contribution in [0.15, 0.2) is 0 Å². The molecule has 0 aliphatic heterocycles. The predicted octanol–water partition coefficient (Wildman–Crippen LogP) is 3.16. The Morgan fingerprint density at radius 1 is 1.00 bits per heavy atom. The molecule has 4 heteroatoms. The van der Waals surface area contributed by atoms with Gasteiger partial charge >= 0.3 is 0 Å². The first-order valence-corrected chi connectivity index (χ1v) is 8.47. The minimum atomic E-state index is -0.360. The van der Waals surface area contributed by atoms with Crippen LogP contribution in [0.25, 0.3) is 0 Å². The number of hydrogen-bond donors (Lipinski definition) is 2. The van der Waals surface area contributed by atoms with E-state index in [2.05, 4.69) is 10.6 Å². The minimum Gasteiger partial charge on any atom is -0.356 e. The van der Waals surface area contributed by atoms with Gasteiger partial charge in [0.25, 0.3) is 0 Å². The molecule has 21 heavy (non-hydrogen) atoms. The van der Waals surface area contributed by atoms with Gasteiger partial charge < -0.3 is 10.6 Å². The molecule has 0 aromatic carbocycles. The Hall–Kier alpha value is -1.06. The summed E-state index contributed by atoms with van der Waals surface area (Å²) in [5.41, 5.74) is -0.360. The van der Waals surface area contributed by atoms with Crippen LogP contribution >= 0.6 is 0 Å². The fourth-order valence-electron chi connectivity index (χ4n) is 2.62. The number of carbonyl (C=O) groups excluding carboxylic acids is 2. The molecule has 0 bridgehead atoms. The Kier molecular flexibility index (Phi) is 7.76. The number of nitrogens with one attached hydrogen (secondary N) is 2. The molecule has 1 aliphatic rings. The van der Waals surface area contributed by atoms with E-state index in [0.717, 1.165) is 12.8 Å². The zero-order chi connectivity index (χ0) is 15.7. The maximum absolute atomic E-state index is 11.9. The molecule has 0 atom stereocenters. The van der Waals surface area contributed by atoms with E-state index in [4.69, 9.17) is 0 Å². The lowest BCUT2D eigenvalue weighted by atomic mass is 9.95. The Bertz CT molecular complexity index is 326. The van der Waals surface area contributed by atoms with E-state index in [9.17, 15) is 9.59 Å². The molecule has 2 amide bonds. The first-order chi connectivity index (χ1) is 9.89. The number of amides is 2. The monoisotopic (exact) mass is 296 g/mol. The molecule has 1 aliphatic carbocycles. The van der Waals surface area contributed by atoms with Gasteiger partial charge in [0, 0.05) is 24.4 Å². The van der Waals surface area contributed by atoms with Crippen molar-refractivity contribution in [2.45, 2.75) is 84.6 Å². The van der Waals surface area contributed by atoms with Crippen LogP contribution in [0.5, 0.6) is 0 Å². The zero-order valence-electron chi connectivity index (χ0n) is 14.0. The van der Waals surface area contributed by atoms with E-state index in [1.54, 1.807) is 0 Å². The summed E-state index contributed by atoms with van der Waals surface area (Å²) in [6.07, 6.45) is 9.84. The molecule has 0 spiro atoms. The molecule has 2 N–H and O–H groups in total. The van der Waals surface area contributed by atoms with E-state index in [0.29, 0.717) is 25.4 Å². The number of rotatable bonds is 5. The van der Waals surface area contributed by atoms with Crippen molar-refractivity contribution in [1.29, 1.82) is 0 Å². The first-order valence-electron chi connectivity index (χ1n) is 8.47. The lowest BCUT2D eigenvalue weighted by molar-refractivity contribution is -0.128. The summed E-state index contributed by atoms with van der Waals surface area (Å²) in [5.74, 6) is 0.175. The van der Waals surface area contributed by atoms with E-state index in [1.165, 1.54) is 32.1 Å². The fraction of sp³-hybridized carbons (Fsp3) is 0.882. The van der Waals surface area contributed by atoms with Crippen molar-refractivity contribution >= 4 is 11.8 Å². The second-order valence-corrected chi connectivity index (χ2v) is 7.22. The van der Waals surface area contributed by atoms with Crippen LogP contribution in [-0.4, -0.2) is 24.4 Å². The van der Waals surface area contributed by atoms with Gasteiger partial charge in [0.05, 0.1) is 0 Å². The van der Waals surface area contributed by atoms with Gasteiger partial charge in [-0.1, -0.05) is 52.9 Å². The zero-order valence-corrected chi connectivity index (χ0v) is 14.0. The second kappa shape index (κ2) is 9.06. The number of hydrogen-bond acceptors (Lipinski definition) is 2. The molecule has 0 unspecified atom stereocenters. The Labute approximate surface area is 129 Å². The molecule has 1 fully saturated rings. The SMILES string of the molecule is CC(C)(C)C(=O)NCCCC(=O)NC1CCCCCCC1. The van der Waals surface area contributed by atoms with Crippen LogP contribution in [0, 0.1) is 5.41 Å². The average Bonchev–Trinajstić information content (AvgIpc) is 2.36.